The molecule has 0 bridgehead atoms. The van der Waals surface area contributed by atoms with E-state index in [1.165, 1.54) is 6.07 Å². The number of carbonyl (C=O) groups is 2. The van der Waals surface area contributed by atoms with E-state index in [1.54, 1.807) is 29.2 Å². The number of benzene rings is 1. The van der Waals surface area contributed by atoms with Crippen LogP contribution in [0.1, 0.15) is 58.2 Å². The number of halogens is 3. The summed E-state index contributed by atoms with van der Waals surface area (Å²) in [5, 5.41) is 20.9. The van der Waals surface area contributed by atoms with Gasteiger partial charge in [0, 0.05) is 22.6 Å². The number of nitrogens with zero attached hydrogens (tertiary/aromatic N) is 4. The van der Waals surface area contributed by atoms with Crippen molar-refractivity contribution in [2.24, 2.45) is 10.8 Å². The van der Waals surface area contributed by atoms with Crippen LogP contribution in [0.2, 0.25) is 0 Å². The number of carboxylic acid groups (broad SMARTS) is 1. The fourth-order valence-corrected chi connectivity index (χ4v) is 7.29. The average Bonchev–Trinajstić information content (AvgIpc) is 3.11. The number of carbonyl (C=O) groups excluding carboxylic acids is 1. The number of nitriles is 1. The van der Waals surface area contributed by atoms with Crippen LogP contribution in [0, 0.1) is 22.2 Å². The second-order valence-electron chi connectivity index (χ2n) is 11.9. The van der Waals surface area contributed by atoms with Crippen LogP contribution in [0.4, 0.5) is 29.3 Å². The third kappa shape index (κ3) is 4.27. The van der Waals surface area contributed by atoms with E-state index in [0.29, 0.717) is 24.3 Å². The lowest BCUT2D eigenvalue weighted by Crippen LogP contribution is -2.74. The number of amides is 2. The summed E-state index contributed by atoms with van der Waals surface area (Å²) in [5.74, 6) is 0.0967. The molecule has 2 aliphatic carbocycles. The van der Waals surface area contributed by atoms with Crippen LogP contribution in [-0.4, -0.2) is 44.9 Å². The third-order valence-corrected chi connectivity index (χ3v) is 8.96. The molecule has 5 rings (SSSR count). The first-order valence-electron chi connectivity index (χ1n) is 13.0. The van der Waals surface area contributed by atoms with Gasteiger partial charge < -0.3 is 20.1 Å². The molecule has 13 heteroatoms. The number of alkyl halides is 3. The molecule has 1 aromatic carbocycles. The zero-order valence-electron chi connectivity index (χ0n) is 22.7. The van der Waals surface area contributed by atoms with E-state index < -0.39 is 45.8 Å². The maximum atomic E-state index is 13.7. The highest BCUT2D eigenvalue weighted by molar-refractivity contribution is 7.81. The largest absolute Gasteiger partial charge is 0.489 e. The highest BCUT2D eigenvalue weighted by atomic mass is 32.1. The summed E-state index contributed by atoms with van der Waals surface area (Å²) in [6, 6.07) is 8.80. The van der Waals surface area contributed by atoms with E-state index in [2.05, 4.69) is 10.3 Å². The van der Waals surface area contributed by atoms with Gasteiger partial charge in [-0.3, -0.25) is 9.69 Å². The van der Waals surface area contributed by atoms with Crippen molar-refractivity contribution in [3.8, 4) is 11.8 Å². The Morgan fingerprint density at radius 1 is 1.17 bits per heavy atom. The van der Waals surface area contributed by atoms with Gasteiger partial charge in [0.05, 0.1) is 17.4 Å². The van der Waals surface area contributed by atoms with Crippen LogP contribution in [0.15, 0.2) is 36.5 Å². The van der Waals surface area contributed by atoms with Gasteiger partial charge in [0.15, 0.2) is 10.8 Å². The van der Waals surface area contributed by atoms with Crippen molar-refractivity contribution in [2.75, 3.05) is 9.80 Å². The van der Waals surface area contributed by atoms with Gasteiger partial charge in [-0.05, 0) is 61.8 Å². The number of pyridine rings is 1. The minimum absolute atomic E-state index is 0.0202. The van der Waals surface area contributed by atoms with Gasteiger partial charge in [0.1, 0.15) is 23.5 Å². The van der Waals surface area contributed by atoms with Crippen LogP contribution in [0.25, 0.3) is 0 Å². The molecule has 2 heterocycles. The van der Waals surface area contributed by atoms with Gasteiger partial charge >= 0.3 is 12.3 Å². The summed E-state index contributed by atoms with van der Waals surface area (Å²) < 4.78 is 47.2. The van der Waals surface area contributed by atoms with E-state index in [-0.39, 0.29) is 22.9 Å². The molecule has 2 aromatic rings. The molecule has 1 aliphatic heterocycles. The molecule has 3 aliphatic rings. The molecule has 0 radical (unpaired) electrons. The Labute approximate surface area is 239 Å². The number of aromatic nitrogens is 1. The van der Waals surface area contributed by atoms with Crippen LogP contribution < -0.4 is 19.9 Å². The Kier molecular flexibility index (Phi) is 6.49. The first-order valence-corrected chi connectivity index (χ1v) is 13.4. The lowest BCUT2D eigenvalue weighted by atomic mass is 9.49. The standard InChI is InChI=1S/C28H28F3N5O4S/c1-25(2)20(34-23(38)39)26(3,4)21(25)40-17-8-6-15(7-9-17)36-24(41)35(22(37)27(36)10-5-11-27)16-12-18(28(29,30)31)19(13-32)33-14-16/h6-9,12,14,20-21,34H,5,10-11H2,1-4H3,(H,38,39). The van der Waals surface area contributed by atoms with E-state index in [1.807, 2.05) is 27.7 Å². The molecule has 1 saturated heterocycles. The van der Waals surface area contributed by atoms with Crippen LogP contribution >= 0.6 is 12.2 Å². The fraction of sp³-hybridized carbons (Fsp3) is 0.464. The fourth-order valence-electron chi connectivity index (χ4n) is 6.82. The zero-order valence-corrected chi connectivity index (χ0v) is 23.6. The summed E-state index contributed by atoms with van der Waals surface area (Å²) in [7, 11) is 0. The van der Waals surface area contributed by atoms with Crippen LogP contribution in [0.3, 0.4) is 0 Å². The van der Waals surface area contributed by atoms with E-state index >= 15 is 0 Å². The molecule has 41 heavy (non-hydrogen) atoms. The Bertz CT molecular complexity index is 1470. The number of hydrogen-bond acceptors (Lipinski definition) is 6. The highest BCUT2D eigenvalue weighted by Crippen LogP contribution is 2.55. The number of thiocarbonyl (C=S) groups is 1. The first kappa shape index (κ1) is 28.6. The number of rotatable bonds is 5. The summed E-state index contributed by atoms with van der Waals surface area (Å²) >= 11 is 5.66. The maximum Gasteiger partial charge on any atom is 0.419 e. The van der Waals surface area contributed by atoms with Crippen molar-refractivity contribution in [3.05, 3.63) is 47.8 Å². The second kappa shape index (κ2) is 9.30. The number of hydrogen-bond donors (Lipinski definition) is 2. The average molecular weight is 588 g/mol. The van der Waals surface area contributed by atoms with E-state index in [0.717, 1.165) is 23.6 Å². The molecule has 2 saturated carbocycles. The van der Waals surface area contributed by atoms with Gasteiger partial charge in [-0.2, -0.15) is 18.4 Å². The molecule has 0 unspecified atom stereocenters. The topological polar surface area (TPSA) is 119 Å². The Hall–Kier alpha value is -3.92. The van der Waals surface area contributed by atoms with Crippen LogP contribution in [0.5, 0.6) is 5.75 Å². The lowest BCUT2D eigenvalue weighted by molar-refractivity contribution is -0.165. The van der Waals surface area contributed by atoms with Crippen molar-refractivity contribution in [3.63, 3.8) is 0 Å². The molecular formula is C28H28F3N5O4S. The van der Waals surface area contributed by atoms with Crippen molar-refractivity contribution in [1.29, 1.82) is 5.26 Å². The summed E-state index contributed by atoms with van der Waals surface area (Å²) in [4.78, 5) is 31.4. The number of anilines is 2. The van der Waals surface area contributed by atoms with Crippen molar-refractivity contribution in [1.82, 2.24) is 10.3 Å². The summed E-state index contributed by atoms with van der Waals surface area (Å²) in [6.45, 7) is 7.74. The normalized spacial score (nSPS) is 24.0. The van der Waals surface area contributed by atoms with Gasteiger partial charge in [0.2, 0.25) is 0 Å². The molecule has 2 N–H and O–H groups in total. The highest BCUT2D eigenvalue weighted by Gasteiger charge is 2.64. The number of ether oxygens (including phenoxy) is 1. The van der Waals surface area contributed by atoms with Crippen molar-refractivity contribution >= 4 is 40.7 Å². The molecule has 2 amide bonds. The van der Waals surface area contributed by atoms with Crippen molar-refractivity contribution in [2.45, 2.75) is 70.8 Å². The zero-order chi connectivity index (χ0) is 30.1. The molecule has 9 nitrogen and oxygen atoms in total. The molecule has 3 fully saturated rings. The van der Waals surface area contributed by atoms with Crippen molar-refractivity contribution < 1.29 is 32.6 Å². The van der Waals surface area contributed by atoms with Gasteiger partial charge in [-0.1, -0.05) is 27.7 Å². The van der Waals surface area contributed by atoms with E-state index in [4.69, 9.17) is 22.2 Å². The minimum atomic E-state index is -4.84. The summed E-state index contributed by atoms with van der Waals surface area (Å²) in [5.41, 5.74) is -3.59. The summed E-state index contributed by atoms with van der Waals surface area (Å²) in [6.07, 6.45) is -3.49. The smallest absolute Gasteiger partial charge is 0.419 e. The first-order chi connectivity index (χ1) is 19.1. The monoisotopic (exact) mass is 587 g/mol. The van der Waals surface area contributed by atoms with E-state index in [9.17, 15) is 27.9 Å². The number of nitrogens with one attached hydrogen (secondary N) is 1. The maximum absolute atomic E-state index is 13.7. The molecule has 0 atom stereocenters. The quantitative estimate of drug-likeness (QED) is 0.442. The molecule has 1 aromatic heterocycles. The van der Waals surface area contributed by atoms with Gasteiger partial charge in [-0.25, -0.2) is 9.78 Å². The predicted molar refractivity (Wildman–Crippen MR) is 146 cm³/mol. The Morgan fingerprint density at radius 3 is 2.27 bits per heavy atom. The molecular weight excluding hydrogens is 559 g/mol. The molecule has 1 spiro atoms. The molecule has 216 valence electrons. The van der Waals surface area contributed by atoms with Gasteiger partial charge in [0.25, 0.3) is 5.91 Å². The second-order valence-corrected chi connectivity index (χ2v) is 12.2. The predicted octanol–water partition coefficient (Wildman–Crippen LogP) is 5.48. The van der Waals surface area contributed by atoms with Gasteiger partial charge in [-0.15, -0.1) is 0 Å². The minimum Gasteiger partial charge on any atom is -0.489 e. The SMILES string of the molecule is CC1(C)C(NC(=O)O)C(C)(C)C1Oc1ccc(N2C(=S)N(c3cnc(C#N)c(C(F)(F)F)c3)C(=O)C23CCC3)cc1. The third-order valence-electron chi connectivity index (χ3n) is 8.59. The lowest BCUT2D eigenvalue weighted by Gasteiger charge is -2.62. The van der Waals surface area contributed by atoms with Crippen LogP contribution in [-0.2, 0) is 11.0 Å². The Morgan fingerprint density at radius 2 is 1.78 bits per heavy atom. The Balaban J connectivity index is 1.42.